The van der Waals surface area contributed by atoms with E-state index in [-0.39, 0.29) is 11.4 Å². The number of halogens is 3. The van der Waals surface area contributed by atoms with Crippen LogP contribution in [0.2, 0.25) is 0 Å². The van der Waals surface area contributed by atoms with Gasteiger partial charge in [0.05, 0.1) is 34.0 Å². The molecule has 0 bridgehead atoms. The second-order valence-electron chi connectivity index (χ2n) is 7.50. The summed E-state index contributed by atoms with van der Waals surface area (Å²) in [6.07, 6.45) is -2.98. The van der Waals surface area contributed by atoms with Gasteiger partial charge in [-0.25, -0.2) is 4.79 Å². The zero-order valence-corrected chi connectivity index (χ0v) is 16.8. The molecular weight excluding hydrogens is 419 g/mol. The van der Waals surface area contributed by atoms with E-state index in [1.807, 2.05) is 12.1 Å². The fraction of sp³-hybridized carbons (Fsp3) is 0.0833. The molecular formula is C24H16F3N3O2. The lowest BCUT2D eigenvalue weighted by molar-refractivity contribution is -0.137. The number of imidazole rings is 1. The lowest BCUT2D eigenvalue weighted by Gasteiger charge is -2.11. The van der Waals surface area contributed by atoms with E-state index in [1.54, 1.807) is 43.6 Å². The Bertz CT molecular complexity index is 1550. The maximum Gasteiger partial charge on any atom is 0.416 e. The lowest BCUT2D eigenvalue weighted by Crippen LogP contribution is -2.21. The van der Waals surface area contributed by atoms with Crippen LogP contribution in [-0.2, 0) is 13.2 Å². The van der Waals surface area contributed by atoms with Crippen LogP contribution < -0.4 is 5.69 Å². The minimum atomic E-state index is -4.53. The zero-order valence-electron chi connectivity index (χ0n) is 16.8. The summed E-state index contributed by atoms with van der Waals surface area (Å²) in [6, 6.07) is 16.9. The number of aryl methyl sites for hydroxylation is 1. The van der Waals surface area contributed by atoms with Crippen LogP contribution in [0.5, 0.6) is 5.75 Å². The molecule has 5 nitrogen and oxygen atoms in total. The maximum absolute atomic E-state index is 13.3. The van der Waals surface area contributed by atoms with Gasteiger partial charge in [-0.3, -0.25) is 14.1 Å². The van der Waals surface area contributed by atoms with E-state index in [2.05, 4.69) is 4.98 Å². The summed E-state index contributed by atoms with van der Waals surface area (Å²) < 4.78 is 42.6. The molecule has 160 valence electrons. The molecule has 0 aliphatic rings. The quantitative estimate of drug-likeness (QED) is 0.411. The Kier molecular flexibility index (Phi) is 4.33. The van der Waals surface area contributed by atoms with E-state index in [9.17, 15) is 23.1 Å². The van der Waals surface area contributed by atoms with Gasteiger partial charge < -0.3 is 5.11 Å². The Balaban J connectivity index is 1.84. The van der Waals surface area contributed by atoms with Crippen LogP contribution in [0.1, 0.15) is 5.56 Å². The molecule has 0 radical (unpaired) electrons. The summed E-state index contributed by atoms with van der Waals surface area (Å²) in [4.78, 5) is 17.5. The highest BCUT2D eigenvalue weighted by Gasteiger charge is 2.31. The first kappa shape index (κ1) is 19.9. The van der Waals surface area contributed by atoms with Crippen molar-refractivity contribution in [3.8, 4) is 22.6 Å². The summed E-state index contributed by atoms with van der Waals surface area (Å²) in [5.74, 6) is 0.139. The van der Waals surface area contributed by atoms with Crippen LogP contribution in [0.25, 0.3) is 38.8 Å². The topological polar surface area (TPSA) is 60.0 Å². The van der Waals surface area contributed by atoms with Crippen LogP contribution >= 0.6 is 0 Å². The molecule has 0 unspecified atom stereocenters. The average molecular weight is 435 g/mol. The van der Waals surface area contributed by atoms with Gasteiger partial charge in [0.15, 0.2) is 0 Å². The molecule has 2 aromatic heterocycles. The van der Waals surface area contributed by atoms with E-state index in [0.717, 1.165) is 23.3 Å². The van der Waals surface area contributed by atoms with Crippen molar-refractivity contribution in [1.82, 2.24) is 14.1 Å². The Hall–Kier alpha value is -4.07. The number of aromatic nitrogens is 3. The molecule has 0 aliphatic heterocycles. The molecule has 0 fully saturated rings. The Morgan fingerprint density at radius 2 is 1.66 bits per heavy atom. The van der Waals surface area contributed by atoms with Gasteiger partial charge >= 0.3 is 11.9 Å². The summed E-state index contributed by atoms with van der Waals surface area (Å²) >= 11 is 0. The van der Waals surface area contributed by atoms with Gasteiger partial charge in [0.1, 0.15) is 5.75 Å². The van der Waals surface area contributed by atoms with Gasteiger partial charge in [-0.1, -0.05) is 24.3 Å². The van der Waals surface area contributed by atoms with Crippen LogP contribution in [-0.4, -0.2) is 19.2 Å². The van der Waals surface area contributed by atoms with Crippen molar-refractivity contribution < 1.29 is 18.3 Å². The first-order chi connectivity index (χ1) is 15.2. The van der Waals surface area contributed by atoms with Gasteiger partial charge in [0, 0.05) is 12.4 Å². The SMILES string of the molecule is Cn1c(=O)n(-c2cccc(C(F)(F)F)c2)c2c3cc(-c4ccc(O)cc4)ccc3ncc21. The molecule has 2 heterocycles. The molecule has 5 rings (SSSR count). The average Bonchev–Trinajstić information content (AvgIpc) is 3.04. The molecule has 8 heteroatoms. The number of alkyl halides is 3. The summed E-state index contributed by atoms with van der Waals surface area (Å²) in [7, 11) is 1.56. The Morgan fingerprint density at radius 1 is 0.938 bits per heavy atom. The first-order valence-electron chi connectivity index (χ1n) is 9.71. The van der Waals surface area contributed by atoms with Crippen molar-refractivity contribution in [1.29, 1.82) is 0 Å². The molecule has 0 atom stereocenters. The van der Waals surface area contributed by atoms with E-state index >= 15 is 0 Å². The van der Waals surface area contributed by atoms with Crippen LogP contribution in [0, 0.1) is 0 Å². The number of hydrogen-bond acceptors (Lipinski definition) is 3. The molecule has 5 aromatic rings. The Labute approximate surface area is 179 Å². The molecule has 0 saturated heterocycles. The van der Waals surface area contributed by atoms with Gasteiger partial charge in [0.25, 0.3) is 0 Å². The Morgan fingerprint density at radius 3 is 2.38 bits per heavy atom. The molecule has 3 aromatic carbocycles. The fourth-order valence-corrected chi connectivity index (χ4v) is 3.89. The second-order valence-corrected chi connectivity index (χ2v) is 7.50. The molecule has 1 N–H and O–H groups in total. The van der Waals surface area contributed by atoms with E-state index in [0.29, 0.717) is 21.9 Å². The highest BCUT2D eigenvalue weighted by Crippen LogP contribution is 2.33. The number of benzene rings is 3. The largest absolute Gasteiger partial charge is 0.508 e. The number of pyridine rings is 1. The molecule has 0 aliphatic carbocycles. The van der Waals surface area contributed by atoms with E-state index in [4.69, 9.17) is 0 Å². The van der Waals surface area contributed by atoms with Crippen molar-refractivity contribution in [3.05, 3.63) is 89.0 Å². The minimum absolute atomic E-state index is 0.123. The number of nitrogens with zero attached hydrogens (tertiary/aromatic N) is 3. The van der Waals surface area contributed by atoms with Gasteiger partial charge in [0.2, 0.25) is 0 Å². The fourth-order valence-electron chi connectivity index (χ4n) is 3.89. The van der Waals surface area contributed by atoms with Gasteiger partial charge in [-0.15, -0.1) is 0 Å². The molecule has 32 heavy (non-hydrogen) atoms. The van der Waals surface area contributed by atoms with Crippen molar-refractivity contribution in [2.45, 2.75) is 6.18 Å². The highest BCUT2D eigenvalue weighted by molar-refractivity contribution is 6.04. The smallest absolute Gasteiger partial charge is 0.416 e. The van der Waals surface area contributed by atoms with Crippen molar-refractivity contribution in [2.24, 2.45) is 7.05 Å². The summed E-state index contributed by atoms with van der Waals surface area (Å²) in [6.45, 7) is 0. The van der Waals surface area contributed by atoms with E-state index in [1.165, 1.54) is 21.3 Å². The normalized spacial score (nSPS) is 12.0. The summed E-state index contributed by atoms with van der Waals surface area (Å²) in [5, 5.41) is 10.2. The van der Waals surface area contributed by atoms with Crippen LogP contribution in [0.3, 0.4) is 0 Å². The minimum Gasteiger partial charge on any atom is -0.508 e. The predicted molar refractivity (Wildman–Crippen MR) is 116 cm³/mol. The van der Waals surface area contributed by atoms with Crippen molar-refractivity contribution >= 4 is 21.9 Å². The van der Waals surface area contributed by atoms with Crippen LogP contribution in [0.4, 0.5) is 13.2 Å². The standard InChI is InChI=1S/C24H16F3N3O2/c1-29-21-13-28-20-10-7-15(14-5-8-18(31)9-6-14)11-19(20)22(21)30(23(29)32)17-4-2-3-16(12-17)24(25,26)27/h2-13,31H,1H3. The third kappa shape index (κ3) is 3.11. The number of phenolic OH excluding ortho intramolecular Hbond substituents is 1. The first-order valence-corrected chi connectivity index (χ1v) is 9.71. The monoisotopic (exact) mass is 435 g/mol. The second kappa shape index (κ2) is 6.98. The van der Waals surface area contributed by atoms with Crippen molar-refractivity contribution in [2.75, 3.05) is 0 Å². The predicted octanol–water partition coefficient (Wildman–Crippen LogP) is 5.27. The van der Waals surface area contributed by atoms with Gasteiger partial charge in [-0.2, -0.15) is 13.2 Å². The van der Waals surface area contributed by atoms with Gasteiger partial charge in [-0.05, 0) is 53.6 Å². The number of aromatic hydroxyl groups is 1. The van der Waals surface area contributed by atoms with Crippen LogP contribution in [0.15, 0.2) is 77.7 Å². The number of hydrogen-bond donors (Lipinski definition) is 1. The summed E-state index contributed by atoms with van der Waals surface area (Å²) in [5.41, 5.74) is 2.06. The molecule has 0 spiro atoms. The zero-order chi connectivity index (χ0) is 22.6. The number of phenols is 1. The van der Waals surface area contributed by atoms with E-state index < -0.39 is 17.4 Å². The number of fused-ring (bicyclic) bond motifs is 3. The highest BCUT2D eigenvalue weighted by atomic mass is 19.4. The lowest BCUT2D eigenvalue weighted by atomic mass is 10.0. The van der Waals surface area contributed by atoms with Crippen molar-refractivity contribution in [3.63, 3.8) is 0 Å². The number of rotatable bonds is 2. The molecule has 0 saturated carbocycles. The molecule has 0 amide bonds. The maximum atomic E-state index is 13.3. The third-order valence-corrected chi connectivity index (χ3v) is 5.52. The third-order valence-electron chi connectivity index (χ3n) is 5.52.